The van der Waals surface area contributed by atoms with E-state index in [-0.39, 0.29) is 6.61 Å². The highest BCUT2D eigenvalue weighted by atomic mass is 16.5. The Morgan fingerprint density at radius 2 is 2.22 bits per heavy atom. The van der Waals surface area contributed by atoms with Gasteiger partial charge in [0.15, 0.2) is 0 Å². The highest BCUT2D eigenvalue weighted by molar-refractivity contribution is 5.90. The van der Waals surface area contributed by atoms with Crippen molar-refractivity contribution in [2.75, 3.05) is 18.5 Å². The first-order valence-corrected chi connectivity index (χ1v) is 5.79. The molecule has 0 saturated carbocycles. The number of nitrogens with zero attached hydrogens (tertiary/aromatic N) is 2. The van der Waals surface area contributed by atoms with Gasteiger partial charge >= 0.3 is 5.97 Å². The molecular weight excluding hydrogens is 234 g/mol. The first kappa shape index (κ1) is 14.4. The van der Waals surface area contributed by atoms with Crippen LogP contribution in [0.2, 0.25) is 0 Å². The number of aliphatic hydroxyl groups excluding tert-OH is 1. The summed E-state index contributed by atoms with van der Waals surface area (Å²) >= 11 is 0. The van der Waals surface area contributed by atoms with Crippen molar-refractivity contribution in [1.29, 1.82) is 0 Å². The molecule has 0 aromatic carbocycles. The molecule has 18 heavy (non-hydrogen) atoms. The van der Waals surface area contributed by atoms with Crippen LogP contribution in [0.1, 0.15) is 36.8 Å². The number of hydrogen-bond donors (Lipinski definition) is 2. The molecule has 0 saturated heterocycles. The van der Waals surface area contributed by atoms with Crippen molar-refractivity contribution in [2.24, 2.45) is 0 Å². The normalized spacial score (nSPS) is 11.2. The van der Waals surface area contributed by atoms with Crippen LogP contribution < -0.4 is 5.32 Å². The number of rotatable bonds is 5. The molecule has 1 aromatic rings. The molecular formula is C12H19N3O3. The van der Waals surface area contributed by atoms with E-state index in [9.17, 15) is 4.79 Å². The van der Waals surface area contributed by atoms with Crippen LogP contribution in [0.3, 0.4) is 0 Å². The third kappa shape index (κ3) is 3.66. The third-order valence-electron chi connectivity index (χ3n) is 2.32. The molecule has 0 aliphatic carbocycles. The van der Waals surface area contributed by atoms with E-state index in [1.807, 2.05) is 13.8 Å². The fraction of sp³-hybridized carbons (Fsp3) is 0.583. The lowest BCUT2D eigenvalue weighted by Gasteiger charge is -2.23. The van der Waals surface area contributed by atoms with E-state index in [2.05, 4.69) is 15.3 Å². The Hall–Kier alpha value is -1.69. The van der Waals surface area contributed by atoms with Gasteiger partial charge < -0.3 is 15.2 Å². The maximum atomic E-state index is 11.6. The fourth-order valence-corrected chi connectivity index (χ4v) is 1.28. The smallest absolute Gasteiger partial charge is 0.341 e. The Kier molecular flexibility index (Phi) is 4.61. The molecule has 1 rings (SSSR count). The number of carbonyl (C=O) groups is 1. The Morgan fingerprint density at radius 1 is 1.56 bits per heavy atom. The first-order valence-electron chi connectivity index (χ1n) is 5.79. The van der Waals surface area contributed by atoms with Crippen LogP contribution in [0, 0.1) is 6.92 Å². The standard InChI is InChI=1S/C12H19N3O3/c1-5-18-10(17)9-6-13-11(14-8(9)2)15-12(3,4)7-16/h6,16H,5,7H2,1-4H3,(H,13,14,15). The second-order valence-corrected chi connectivity index (χ2v) is 4.58. The highest BCUT2D eigenvalue weighted by Gasteiger charge is 2.19. The van der Waals surface area contributed by atoms with Crippen LogP contribution in [0.25, 0.3) is 0 Å². The predicted molar refractivity (Wildman–Crippen MR) is 67.5 cm³/mol. The summed E-state index contributed by atoms with van der Waals surface area (Å²) in [5, 5.41) is 12.1. The molecule has 0 amide bonds. The lowest BCUT2D eigenvalue weighted by Crippen LogP contribution is -2.35. The highest BCUT2D eigenvalue weighted by Crippen LogP contribution is 2.13. The Bertz CT molecular complexity index is 433. The van der Waals surface area contributed by atoms with E-state index in [1.165, 1.54) is 6.20 Å². The molecule has 1 aromatic heterocycles. The lowest BCUT2D eigenvalue weighted by molar-refractivity contribution is 0.0524. The maximum absolute atomic E-state index is 11.6. The third-order valence-corrected chi connectivity index (χ3v) is 2.32. The van der Waals surface area contributed by atoms with Gasteiger partial charge in [-0.2, -0.15) is 0 Å². The summed E-state index contributed by atoms with van der Waals surface area (Å²) in [5.41, 5.74) is 0.377. The molecule has 0 spiro atoms. The fourth-order valence-electron chi connectivity index (χ4n) is 1.28. The topological polar surface area (TPSA) is 84.3 Å². The van der Waals surface area contributed by atoms with Crippen molar-refractivity contribution in [3.63, 3.8) is 0 Å². The molecule has 0 atom stereocenters. The number of ether oxygens (including phenoxy) is 1. The monoisotopic (exact) mass is 253 g/mol. The van der Waals surface area contributed by atoms with Crippen molar-refractivity contribution in [3.8, 4) is 0 Å². The number of aryl methyl sites for hydroxylation is 1. The van der Waals surface area contributed by atoms with Crippen molar-refractivity contribution in [2.45, 2.75) is 33.2 Å². The van der Waals surface area contributed by atoms with Gasteiger partial charge in [0.1, 0.15) is 0 Å². The number of esters is 1. The number of anilines is 1. The minimum Gasteiger partial charge on any atom is -0.462 e. The van der Waals surface area contributed by atoms with Gasteiger partial charge in [0.05, 0.1) is 30.0 Å². The van der Waals surface area contributed by atoms with Crippen LogP contribution in [-0.4, -0.2) is 39.8 Å². The molecule has 6 nitrogen and oxygen atoms in total. The van der Waals surface area contributed by atoms with E-state index < -0.39 is 11.5 Å². The quantitative estimate of drug-likeness (QED) is 0.766. The molecule has 1 heterocycles. The molecule has 0 aliphatic heterocycles. The average Bonchev–Trinajstić information content (AvgIpc) is 2.29. The molecule has 0 aliphatic rings. The van der Waals surface area contributed by atoms with Crippen molar-refractivity contribution >= 4 is 11.9 Å². The van der Waals surface area contributed by atoms with E-state index in [0.29, 0.717) is 23.8 Å². The predicted octanol–water partition coefficient (Wildman–Crippen LogP) is 1.14. The van der Waals surface area contributed by atoms with Gasteiger partial charge in [-0.15, -0.1) is 0 Å². The summed E-state index contributed by atoms with van der Waals surface area (Å²) in [4.78, 5) is 19.8. The first-order chi connectivity index (χ1) is 8.39. The summed E-state index contributed by atoms with van der Waals surface area (Å²) < 4.78 is 4.89. The SMILES string of the molecule is CCOC(=O)c1cnc(NC(C)(C)CO)nc1C. The zero-order valence-corrected chi connectivity index (χ0v) is 11.1. The zero-order valence-electron chi connectivity index (χ0n) is 11.1. The molecule has 6 heteroatoms. The summed E-state index contributed by atoms with van der Waals surface area (Å²) in [6.07, 6.45) is 1.43. The maximum Gasteiger partial charge on any atom is 0.341 e. The van der Waals surface area contributed by atoms with E-state index in [1.54, 1.807) is 13.8 Å². The van der Waals surface area contributed by atoms with E-state index in [0.717, 1.165) is 0 Å². The van der Waals surface area contributed by atoms with Gasteiger partial charge in [-0.1, -0.05) is 0 Å². The second kappa shape index (κ2) is 5.77. The summed E-state index contributed by atoms with van der Waals surface area (Å²) in [7, 11) is 0. The van der Waals surface area contributed by atoms with Crippen LogP contribution in [0.15, 0.2) is 6.20 Å². The van der Waals surface area contributed by atoms with Gasteiger partial charge in [-0.25, -0.2) is 14.8 Å². The van der Waals surface area contributed by atoms with Gasteiger partial charge in [0, 0.05) is 6.20 Å². The lowest BCUT2D eigenvalue weighted by atomic mass is 10.1. The van der Waals surface area contributed by atoms with Gasteiger partial charge in [-0.3, -0.25) is 0 Å². The summed E-state index contributed by atoms with van der Waals surface area (Å²) in [5.74, 6) is -0.0532. The van der Waals surface area contributed by atoms with Crippen LogP contribution in [0.5, 0.6) is 0 Å². The number of carbonyl (C=O) groups excluding carboxylic acids is 1. The van der Waals surface area contributed by atoms with Crippen molar-refractivity contribution in [3.05, 3.63) is 17.5 Å². The molecule has 0 fully saturated rings. The van der Waals surface area contributed by atoms with E-state index in [4.69, 9.17) is 9.84 Å². The minimum absolute atomic E-state index is 0.0466. The summed E-state index contributed by atoms with van der Waals surface area (Å²) in [6, 6.07) is 0. The minimum atomic E-state index is -0.516. The van der Waals surface area contributed by atoms with Gasteiger partial charge in [0.25, 0.3) is 0 Å². The zero-order chi connectivity index (χ0) is 13.8. The van der Waals surface area contributed by atoms with Crippen LogP contribution in [0.4, 0.5) is 5.95 Å². The molecule has 0 radical (unpaired) electrons. The van der Waals surface area contributed by atoms with E-state index >= 15 is 0 Å². The van der Waals surface area contributed by atoms with Gasteiger partial charge in [-0.05, 0) is 27.7 Å². The number of aliphatic hydroxyl groups is 1. The molecule has 0 bridgehead atoms. The Balaban J connectivity index is 2.89. The van der Waals surface area contributed by atoms with Crippen molar-refractivity contribution in [1.82, 2.24) is 9.97 Å². The number of hydrogen-bond acceptors (Lipinski definition) is 6. The van der Waals surface area contributed by atoms with Crippen LogP contribution >= 0.6 is 0 Å². The Morgan fingerprint density at radius 3 is 2.72 bits per heavy atom. The Labute approximate surface area is 106 Å². The van der Waals surface area contributed by atoms with Gasteiger partial charge in [0.2, 0.25) is 5.95 Å². The number of nitrogens with one attached hydrogen (secondary N) is 1. The molecule has 2 N–H and O–H groups in total. The number of aromatic nitrogens is 2. The summed E-state index contributed by atoms with van der Waals surface area (Å²) in [6.45, 7) is 7.37. The van der Waals surface area contributed by atoms with Crippen LogP contribution in [-0.2, 0) is 4.74 Å². The van der Waals surface area contributed by atoms with Crippen molar-refractivity contribution < 1.29 is 14.6 Å². The molecule has 0 unspecified atom stereocenters. The molecule has 100 valence electrons. The average molecular weight is 253 g/mol. The largest absolute Gasteiger partial charge is 0.462 e. The second-order valence-electron chi connectivity index (χ2n) is 4.58.